The second-order valence-corrected chi connectivity index (χ2v) is 7.63. The summed E-state index contributed by atoms with van der Waals surface area (Å²) in [5.41, 5.74) is 2.69. The van der Waals surface area contributed by atoms with Crippen LogP contribution < -0.4 is 0 Å². The number of hydrogen-bond donors (Lipinski definition) is 0. The van der Waals surface area contributed by atoms with Crippen molar-refractivity contribution in [2.75, 3.05) is 0 Å². The van der Waals surface area contributed by atoms with E-state index >= 15 is 0 Å². The minimum absolute atomic E-state index is 0.889. The molecular formula is C12H14Cl2Ta-6. The molecule has 0 aliphatic heterocycles. The molecule has 0 spiro atoms. The topological polar surface area (TPSA) is 0 Å². The summed E-state index contributed by atoms with van der Waals surface area (Å²) in [4.78, 5) is 0. The van der Waals surface area contributed by atoms with Gasteiger partial charge in [-0.2, -0.15) is 17.7 Å². The summed E-state index contributed by atoms with van der Waals surface area (Å²) < 4.78 is 0. The Kier molecular flexibility index (Phi) is 10.5. The standard InChI is InChI=1S/2C6H7.2ClH.Ta/c2*1-6-4-2-3-5-6;;;/h2*2-5H,1H3;2*1H;/q-5;-1;;;+2/p-2. The molecule has 0 heterocycles. The third-order valence-electron chi connectivity index (χ3n) is 1.66. The Bertz CT molecular complexity index is 266. The quantitative estimate of drug-likeness (QED) is 0.548. The number of hydrogen-bond acceptors (Lipinski definition) is 0. The number of rotatable bonds is 0. The zero-order valence-corrected chi connectivity index (χ0v) is 13.5. The molecule has 2 rings (SSSR count). The van der Waals surface area contributed by atoms with Crippen LogP contribution in [0.15, 0.2) is 48.5 Å². The van der Waals surface area contributed by atoms with Gasteiger partial charge in [-0.05, 0) is 0 Å². The SMILES string of the molecule is C[c-]1[cH-][cH-][cH-][cH-]1.C[c-]1cccc1.[Cl][Ta][Cl]. The van der Waals surface area contributed by atoms with E-state index in [0.717, 1.165) is 0 Å². The Labute approximate surface area is 109 Å². The molecule has 0 bridgehead atoms. The average molecular weight is 410 g/mol. The zero-order chi connectivity index (χ0) is 11.5. The molecule has 3 heteroatoms. The van der Waals surface area contributed by atoms with Crippen LogP contribution in [0.5, 0.6) is 0 Å². The molecule has 2 aromatic rings. The van der Waals surface area contributed by atoms with Crippen molar-refractivity contribution in [2.24, 2.45) is 0 Å². The molecule has 0 N–H and O–H groups in total. The minimum atomic E-state index is -0.889. The van der Waals surface area contributed by atoms with Crippen LogP contribution in [0.4, 0.5) is 0 Å². The van der Waals surface area contributed by atoms with Gasteiger partial charge in [-0.15, -0.1) is 0 Å². The van der Waals surface area contributed by atoms with Gasteiger partial charge in [0.2, 0.25) is 0 Å². The third kappa shape index (κ3) is 10.3. The van der Waals surface area contributed by atoms with Crippen LogP contribution in [0.1, 0.15) is 11.1 Å². The summed E-state index contributed by atoms with van der Waals surface area (Å²) in [7, 11) is 9.89. The molecule has 0 unspecified atom stereocenters. The zero-order valence-electron chi connectivity index (χ0n) is 8.82. The van der Waals surface area contributed by atoms with Crippen molar-refractivity contribution in [3.8, 4) is 0 Å². The van der Waals surface area contributed by atoms with Gasteiger partial charge in [0.15, 0.2) is 0 Å². The average Bonchev–Trinajstić information content (AvgIpc) is 2.81. The van der Waals surface area contributed by atoms with Crippen molar-refractivity contribution < 1.29 is 17.6 Å². The molecule has 0 atom stereocenters. The van der Waals surface area contributed by atoms with E-state index in [2.05, 4.69) is 38.1 Å². The Morgan fingerprint density at radius 3 is 1.53 bits per heavy atom. The maximum atomic E-state index is 4.94. The van der Waals surface area contributed by atoms with E-state index in [1.165, 1.54) is 11.1 Å². The van der Waals surface area contributed by atoms with E-state index in [-0.39, 0.29) is 0 Å². The van der Waals surface area contributed by atoms with Gasteiger partial charge in [0.1, 0.15) is 0 Å². The van der Waals surface area contributed by atoms with E-state index < -0.39 is 17.6 Å². The fraction of sp³-hybridized carbons (Fsp3) is 0.167. The molecule has 0 saturated carbocycles. The summed E-state index contributed by atoms with van der Waals surface area (Å²) in [5, 5.41) is 0. The summed E-state index contributed by atoms with van der Waals surface area (Å²) in [6, 6.07) is 16.5. The Morgan fingerprint density at radius 1 is 1.00 bits per heavy atom. The predicted molar refractivity (Wildman–Crippen MR) is 65.3 cm³/mol. The molecule has 0 nitrogen and oxygen atoms in total. The second-order valence-electron chi connectivity index (χ2n) is 2.99. The molecule has 0 aliphatic carbocycles. The first-order chi connectivity index (χ1) is 7.20. The van der Waals surface area contributed by atoms with E-state index in [4.69, 9.17) is 18.4 Å². The van der Waals surface area contributed by atoms with Crippen LogP contribution in [-0.2, 0) is 17.6 Å². The summed E-state index contributed by atoms with van der Waals surface area (Å²) in [6.45, 7) is 4.17. The number of halogens is 2. The van der Waals surface area contributed by atoms with Crippen molar-refractivity contribution in [3.05, 3.63) is 59.7 Å². The second kappa shape index (κ2) is 10.5. The van der Waals surface area contributed by atoms with Crippen LogP contribution in [0, 0.1) is 13.8 Å². The molecule has 0 aromatic heterocycles. The fourth-order valence-corrected chi connectivity index (χ4v) is 0.940. The van der Waals surface area contributed by atoms with Crippen LogP contribution in [-0.4, -0.2) is 0 Å². The Hall–Kier alpha value is 0.0203. The van der Waals surface area contributed by atoms with Gasteiger partial charge in [0.25, 0.3) is 0 Å². The van der Waals surface area contributed by atoms with Crippen molar-refractivity contribution in [2.45, 2.75) is 13.8 Å². The monoisotopic (exact) mass is 409 g/mol. The van der Waals surface area contributed by atoms with Gasteiger partial charge < -0.3 is 29.8 Å². The van der Waals surface area contributed by atoms with Crippen LogP contribution in [0.2, 0.25) is 0 Å². The molecule has 0 saturated heterocycles. The molecule has 0 aliphatic rings. The Morgan fingerprint density at radius 2 is 1.40 bits per heavy atom. The molecule has 87 valence electrons. The van der Waals surface area contributed by atoms with E-state index in [1.54, 1.807) is 0 Å². The van der Waals surface area contributed by atoms with Crippen molar-refractivity contribution in [1.29, 1.82) is 0 Å². The van der Waals surface area contributed by atoms with Gasteiger partial charge in [-0.3, -0.25) is 0 Å². The molecule has 15 heavy (non-hydrogen) atoms. The van der Waals surface area contributed by atoms with Gasteiger partial charge in [-0.25, -0.2) is 19.1 Å². The van der Waals surface area contributed by atoms with Gasteiger partial charge in [0.05, 0.1) is 0 Å². The fourth-order valence-electron chi connectivity index (χ4n) is 0.940. The van der Waals surface area contributed by atoms with Crippen molar-refractivity contribution in [1.82, 2.24) is 0 Å². The van der Waals surface area contributed by atoms with E-state index in [0.29, 0.717) is 0 Å². The first-order valence-electron chi connectivity index (χ1n) is 4.49. The van der Waals surface area contributed by atoms with Crippen molar-refractivity contribution >= 4 is 18.4 Å². The third-order valence-corrected chi connectivity index (χ3v) is 1.66. The van der Waals surface area contributed by atoms with E-state index in [9.17, 15) is 0 Å². The van der Waals surface area contributed by atoms with E-state index in [1.807, 2.05) is 24.3 Å². The molecule has 0 amide bonds. The molecule has 0 fully saturated rings. The summed E-state index contributed by atoms with van der Waals surface area (Å²) in [5.74, 6) is 0. The molecule has 2 aromatic carbocycles. The molecule has 0 radical (unpaired) electrons. The van der Waals surface area contributed by atoms with Crippen LogP contribution in [0.25, 0.3) is 0 Å². The molecular weight excluding hydrogens is 396 g/mol. The summed E-state index contributed by atoms with van der Waals surface area (Å²) in [6.07, 6.45) is 0. The number of aryl methyl sites for hydroxylation is 2. The first-order valence-corrected chi connectivity index (χ1v) is 12.5. The Balaban J connectivity index is 0.000000210. The first kappa shape index (κ1) is 15.0. The normalized spacial score (nSPS) is 8.00. The van der Waals surface area contributed by atoms with Crippen molar-refractivity contribution in [3.63, 3.8) is 0 Å². The van der Waals surface area contributed by atoms with Gasteiger partial charge in [0, 0.05) is 0 Å². The summed E-state index contributed by atoms with van der Waals surface area (Å²) >= 11 is -0.889. The van der Waals surface area contributed by atoms with Gasteiger partial charge >= 0.3 is 36.0 Å². The van der Waals surface area contributed by atoms with Gasteiger partial charge in [-0.1, -0.05) is 6.92 Å². The van der Waals surface area contributed by atoms with Crippen LogP contribution in [0.3, 0.4) is 0 Å². The maximum absolute atomic E-state index is 4.94. The van der Waals surface area contributed by atoms with Crippen LogP contribution >= 0.6 is 18.4 Å². The predicted octanol–water partition coefficient (Wildman–Crippen LogP) is 4.80.